The van der Waals surface area contributed by atoms with E-state index in [1.165, 1.54) is 5.69 Å². The first kappa shape index (κ1) is 30.0. The molecule has 0 spiro atoms. The summed E-state index contributed by atoms with van der Waals surface area (Å²) in [4.78, 5) is 24.6. The van der Waals surface area contributed by atoms with E-state index in [9.17, 15) is 4.79 Å². The predicted octanol–water partition coefficient (Wildman–Crippen LogP) is 7.67. The number of methoxy groups -OCH3 is 1. The zero-order valence-electron chi connectivity index (χ0n) is 26.1. The maximum absolute atomic E-state index is 12.8. The van der Waals surface area contributed by atoms with Gasteiger partial charge >= 0.3 is 0 Å². The molecular formula is C39H35N5O3. The molecule has 0 unspecified atom stereocenters. The van der Waals surface area contributed by atoms with Gasteiger partial charge < -0.3 is 25.0 Å². The first-order valence-electron chi connectivity index (χ1n) is 15.7. The predicted molar refractivity (Wildman–Crippen MR) is 188 cm³/mol. The topological polar surface area (TPSA) is 88.6 Å². The van der Waals surface area contributed by atoms with E-state index >= 15 is 0 Å². The van der Waals surface area contributed by atoms with Gasteiger partial charge in [0.25, 0.3) is 5.91 Å². The van der Waals surface area contributed by atoms with E-state index in [4.69, 9.17) is 14.5 Å². The average Bonchev–Trinajstić information content (AvgIpc) is 3.14. The summed E-state index contributed by atoms with van der Waals surface area (Å²) in [6, 6.07) is 36.2. The SMILES string of the molecule is COc1ccc(CNc2nc3ccc(-c4cncc(NC(=O)c5ccccc5)c4)cc3cc2-c2ccc(N3CCOCC3)cc2)cc1. The fourth-order valence-corrected chi connectivity index (χ4v) is 5.77. The summed E-state index contributed by atoms with van der Waals surface area (Å²) in [5.74, 6) is 1.47. The van der Waals surface area contributed by atoms with Gasteiger partial charge in [0.15, 0.2) is 0 Å². The minimum atomic E-state index is -0.175. The largest absolute Gasteiger partial charge is 0.497 e. The number of carbonyl (C=O) groups is 1. The monoisotopic (exact) mass is 621 g/mol. The number of ether oxygens (including phenoxy) is 2. The zero-order chi connectivity index (χ0) is 32.0. The van der Waals surface area contributed by atoms with Gasteiger partial charge in [-0.25, -0.2) is 4.98 Å². The van der Waals surface area contributed by atoms with Crippen LogP contribution in [0.25, 0.3) is 33.2 Å². The third-order valence-corrected chi connectivity index (χ3v) is 8.35. The number of nitrogens with one attached hydrogen (secondary N) is 2. The molecule has 6 aromatic rings. The molecule has 2 aromatic heterocycles. The molecule has 2 N–H and O–H groups in total. The van der Waals surface area contributed by atoms with Gasteiger partial charge in [0.2, 0.25) is 0 Å². The highest BCUT2D eigenvalue weighted by Crippen LogP contribution is 2.34. The number of rotatable bonds is 9. The molecule has 0 saturated carbocycles. The van der Waals surface area contributed by atoms with Crippen molar-refractivity contribution in [2.24, 2.45) is 0 Å². The van der Waals surface area contributed by atoms with E-state index in [2.05, 4.69) is 69.0 Å². The van der Waals surface area contributed by atoms with Gasteiger partial charge in [0.1, 0.15) is 11.6 Å². The number of amides is 1. The van der Waals surface area contributed by atoms with Crippen molar-refractivity contribution in [2.75, 3.05) is 48.9 Å². The van der Waals surface area contributed by atoms with Crippen LogP contribution < -0.4 is 20.3 Å². The lowest BCUT2D eigenvalue weighted by atomic mass is 10.00. The molecule has 1 saturated heterocycles. The van der Waals surface area contributed by atoms with Crippen LogP contribution in [0, 0.1) is 0 Å². The van der Waals surface area contributed by atoms with Crippen LogP contribution in [0.4, 0.5) is 17.2 Å². The standard InChI is InChI=1S/C39H35N5O3/c1-46-35-14-7-27(8-15-35)24-41-38-36(28-9-12-34(13-10-28)44-17-19-47-20-18-44)23-31-21-30(11-16-37(31)43-38)32-22-33(26-40-25-32)42-39(45)29-5-3-2-4-6-29/h2-16,21-23,25-26H,17-20,24H2,1H3,(H,41,43)(H,42,45). The molecule has 7 rings (SSSR count). The van der Waals surface area contributed by atoms with Crippen LogP contribution in [0.15, 0.2) is 122 Å². The van der Waals surface area contributed by atoms with E-state index in [-0.39, 0.29) is 5.91 Å². The number of hydrogen-bond donors (Lipinski definition) is 2. The zero-order valence-corrected chi connectivity index (χ0v) is 26.1. The molecule has 1 fully saturated rings. The van der Waals surface area contributed by atoms with Crippen LogP contribution in [-0.2, 0) is 11.3 Å². The molecule has 0 radical (unpaired) electrons. The number of carbonyl (C=O) groups excluding carboxylic acids is 1. The lowest BCUT2D eigenvalue weighted by molar-refractivity contribution is 0.102. The Balaban J connectivity index is 1.21. The van der Waals surface area contributed by atoms with Gasteiger partial charge in [0, 0.05) is 53.6 Å². The first-order chi connectivity index (χ1) is 23.1. The normalized spacial score (nSPS) is 12.9. The number of fused-ring (bicyclic) bond motifs is 1. The molecule has 0 atom stereocenters. The van der Waals surface area contributed by atoms with E-state index < -0.39 is 0 Å². The lowest BCUT2D eigenvalue weighted by Crippen LogP contribution is -2.36. The Morgan fingerprint density at radius 1 is 0.830 bits per heavy atom. The highest BCUT2D eigenvalue weighted by molar-refractivity contribution is 6.04. The Morgan fingerprint density at radius 3 is 2.36 bits per heavy atom. The quantitative estimate of drug-likeness (QED) is 0.171. The third-order valence-electron chi connectivity index (χ3n) is 8.35. The fourth-order valence-electron chi connectivity index (χ4n) is 5.77. The maximum atomic E-state index is 12.8. The minimum Gasteiger partial charge on any atom is -0.497 e. The highest BCUT2D eigenvalue weighted by Gasteiger charge is 2.15. The second kappa shape index (κ2) is 13.7. The molecule has 0 bridgehead atoms. The van der Waals surface area contributed by atoms with Crippen LogP contribution in [0.5, 0.6) is 5.75 Å². The van der Waals surface area contributed by atoms with E-state index in [1.807, 2.05) is 54.7 Å². The maximum Gasteiger partial charge on any atom is 0.255 e. The van der Waals surface area contributed by atoms with Crippen molar-refractivity contribution in [3.8, 4) is 28.0 Å². The third kappa shape index (κ3) is 6.93. The molecule has 8 heteroatoms. The van der Waals surface area contributed by atoms with Crippen molar-refractivity contribution in [1.82, 2.24) is 9.97 Å². The Morgan fingerprint density at radius 2 is 1.60 bits per heavy atom. The number of hydrogen-bond acceptors (Lipinski definition) is 7. The molecule has 47 heavy (non-hydrogen) atoms. The molecule has 8 nitrogen and oxygen atoms in total. The number of morpholine rings is 1. The number of benzene rings is 4. The Labute approximate surface area is 274 Å². The summed E-state index contributed by atoms with van der Waals surface area (Å²) in [7, 11) is 1.67. The number of anilines is 3. The molecule has 4 aromatic carbocycles. The summed E-state index contributed by atoms with van der Waals surface area (Å²) >= 11 is 0. The molecule has 234 valence electrons. The first-order valence-corrected chi connectivity index (χ1v) is 15.7. The molecule has 0 aliphatic carbocycles. The molecular weight excluding hydrogens is 586 g/mol. The van der Waals surface area contributed by atoms with Crippen molar-refractivity contribution < 1.29 is 14.3 Å². The van der Waals surface area contributed by atoms with Gasteiger partial charge in [-0.05, 0) is 77.4 Å². The summed E-state index contributed by atoms with van der Waals surface area (Å²) in [5, 5.41) is 7.56. The molecule has 3 heterocycles. The van der Waals surface area contributed by atoms with Gasteiger partial charge in [-0.1, -0.05) is 48.5 Å². The number of pyridine rings is 2. The summed E-state index contributed by atoms with van der Waals surface area (Å²) in [6.07, 6.45) is 3.47. The summed E-state index contributed by atoms with van der Waals surface area (Å²) in [5.41, 5.74) is 8.39. The van der Waals surface area contributed by atoms with Crippen LogP contribution in [0.1, 0.15) is 15.9 Å². The highest BCUT2D eigenvalue weighted by atomic mass is 16.5. The second-order valence-corrected chi connectivity index (χ2v) is 11.4. The van der Waals surface area contributed by atoms with E-state index in [1.54, 1.807) is 25.4 Å². The van der Waals surface area contributed by atoms with Crippen LogP contribution in [0.3, 0.4) is 0 Å². The van der Waals surface area contributed by atoms with Crippen LogP contribution >= 0.6 is 0 Å². The van der Waals surface area contributed by atoms with Crippen molar-refractivity contribution in [2.45, 2.75) is 6.54 Å². The van der Waals surface area contributed by atoms with E-state index in [0.29, 0.717) is 17.8 Å². The average molecular weight is 622 g/mol. The summed E-state index contributed by atoms with van der Waals surface area (Å²) in [6.45, 7) is 3.89. The number of nitrogens with zero attached hydrogens (tertiary/aromatic N) is 3. The Bertz CT molecular complexity index is 1990. The Kier molecular flexibility index (Phi) is 8.75. The van der Waals surface area contributed by atoms with Gasteiger partial charge in [-0.15, -0.1) is 0 Å². The van der Waals surface area contributed by atoms with Crippen LogP contribution in [0.2, 0.25) is 0 Å². The van der Waals surface area contributed by atoms with E-state index in [0.717, 1.165) is 76.6 Å². The van der Waals surface area contributed by atoms with Crippen LogP contribution in [-0.4, -0.2) is 49.3 Å². The lowest BCUT2D eigenvalue weighted by Gasteiger charge is -2.29. The van der Waals surface area contributed by atoms with Crippen molar-refractivity contribution in [3.63, 3.8) is 0 Å². The summed E-state index contributed by atoms with van der Waals surface area (Å²) < 4.78 is 10.9. The molecule has 1 amide bonds. The minimum absolute atomic E-state index is 0.175. The molecule has 1 aliphatic rings. The number of aromatic nitrogens is 2. The van der Waals surface area contributed by atoms with Gasteiger partial charge in [-0.3, -0.25) is 9.78 Å². The van der Waals surface area contributed by atoms with Gasteiger partial charge in [-0.2, -0.15) is 0 Å². The molecule has 1 aliphatic heterocycles. The fraction of sp³-hybridized carbons (Fsp3) is 0.154. The Hall–Kier alpha value is -5.73. The van der Waals surface area contributed by atoms with Gasteiger partial charge in [0.05, 0.1) is 37.7 Å². The second-order valence-electron chi connectivity index (χ2n) is 11.4. The van der Waals surface area contributed by atoms with Crippen molar-refractivity contribution in [3.05, 3.63) is 133 Å². The smallest absolute Gasteiger partial charge is 0.255 e. The van der Waals surface area contributed by atoms with Crippen molar-refractivity contribution >= 4 is 34.0 Å². The van der Waals surface area contributed by atoms with Crippen molar-refractivity contribution in [1.29, 1.82) is 0 Å².